The molecule has 0 aromatic carbocycles. The summed E-state index contributed by atoms with van der Waals surface area (Å²) < 4.78 is 10.2. The number of ether oxygens (including phenoxy) is 2. The predicted octanol–water partition coefficient (Wildman–Crippen LogP) is 2.56. The summed E-state index contributed by atoms with van der Waals surface area (Å²) in [5.74, 6) is 0.169. The molecule has 0 saturated heterocycles. The third kappa shape index (κ3) is 8.72. The molecule has 0 N–H and O–H groups in total. The third-order valence-electron chi connectivity index (χ3n) is 2.34. The van der Waals surface area contributed by atoms with E-state index in [1.165, 1.54) is 0 Å². The third-order valence-corrected chi connectivity index (χ3v) is 2.34. The normalized spacial score (nSPS) is 10.7. The molecule has 0 fully saturated rings. The van der Waals surface area contributed by atoms with Crippen molar-refractivity contribution in [2.45, 2.75) is 47.0 Å². The van der Waals surface area contributed by atoms with Gasteiger partial charge in [0.15, 0.2) is 0 Å². The van der Waals surface area contributed by atoms with Crippen molar-refractivity contribution in [3.63, 3.8) is 0 Å². The Kier molecular flexibility index (Phi) is 8.46. The Hall–Kier alpha value is -1.06. The van der Waals surface area contributed by atoms with Crippen LogP contribution in [0.5, 0.6) is 0 Å². The van der Waals surface area contributed by atoms with Crippen molar-refractivity contribution >= 4 is 11.9 Å². The zero-order valence-corrected chi connectivity index (χ0v) is 11.3. The number of esters is 2. The first-order valence-electron chi connectivity index (χ1n) is 6.30. The molecular formula is C13H24O4. The molecule has 4 nitrogen and oxygen atoms in total. The number of hydrogen-bond acceptors (Lipinski definition) is 4. The van der Waals surface area contributed by atoms with Crippen LogP contribution in [-0.2, 0) is 19.1 Å². The Balaban J connectivity index is 4.04. The smallest absolute Gasteiger partial charge is 0.305 e. The maximum Gasteiger partial charge on any atom is 0.305 e. The maximum absolute atomic E-state index is 11.1. The highest BCUT2D eigenvalue weighted by atomic mass is 16.5. The Morgan fingerprint density at radius 2 is 1.35 bits per heavy atom. The Labute approximate surface area is 104 Å². The number of rotatable bonds is 8. The van der Waals surface area contributed by atoms with Gasteiger partial charge in [0, 0.05) is 18.8 Å². The minimum Gasteiger partial charge on any atom is -0.465 e. The van der Waals surface area contributed by atoms with Crippen molar-refractivity contribution in [2.24, 2.45) is 11.8 Å². The lowest BCUT2D eigenvalue weighted by Crippen LogP contribution is -2.22. The SMILES string of the molecule is CCC(=O)OCC(COC(=O)CC)CC(C)C. The van der Waals surface area contributed by atoms with Crippen LogP contribution in [0.25, 0.3) is 0 Å². The van der Waals surface area contributed by atoms with E-state index in [4.69, 9.17) is 9.47 Å². The fourth-order valence-electron chi connectivity index (χ4n) is 1.48. The molecular weight excluding hydrogens is 220 g/mol. The monoisotopic (exact) mass is 244 g/mol. The van der Waals surface area contributed by atoms with Gasteiger partial charge in [-0.05, 0) is 12.3 Å². The topological polar surface area (TPSA) is 52.6 Å². The van der Waals surface area contributed by atoms with Gasteiger partial charge in [0.2, 0.25) is 0 Å². The molecule has 0 heterocycles. The van der Waals surface area contributed by atoms with Gasteiger partial charge in [-0.25, -0.2) is 0 Å². The largest absolute Gasteiger partial charge is 0.465 e. The number of hydrogen-bond donors (Lipinski definition) is 0. The minimum absolute atomic E-state index is 0.0981. The molecule has 0 aliphatic heterocycles. The van der Waals surface area contributed by atoms with Crippen molar-refractivity contribution in [2.75, 3.05) is 13.2 Å². The highest BCUT2D eigenvalue weighted by Crippen LogP contribution is 2.13. The number of carbonyl (C=O) groups is 2. The quantitative estimate of drug-likeness (QED) is 0.616. The Morgan fingerprint density at radius 1 is 0.941 bits per heavy atom. The summed E-state index contributed by atoms with van der Waals surface area (Å²) in [6, 6.07) is 0. The summed E-state index contributed by atoms with van der Waals surface area (Å²) in [4.78, 5) is 22.1. The molecule has 0 aliphatic rings. The van der Waals surface area contributed by atoms with Crippen molar-refractivity contribution in [3.05, 3.63) is 0 Å². The molecule has 0 aliphatic carbocycles. The second-order valence-corrected chi connectivity index (χ2v) is 4.57. The minimum atomic E-state index is -0.208. The fourth-order valence-corrected chi connectivity index (χ4v) is 1.48. The van der Waals surface area contributed by atoms with E-state index in [9.17, 15) is 9.59 Å². The van der Waals surface area contributed by atoms with Crippen molar-refractivity contribution in [1.82, 2.24) is 0 Å². The van der Waals surface area contributed by atoms with E-state index in [1.807, 2.05) is 0 Å². The molecule has 0 amide bonds. The van der Waals surface area contributed by atoms with E-state index in [2.05, 4.69) is 13.8 Å². The van der Waals surface area contributed by atoms with E-state index in [0.29, 0.717) is 32.0 Å². The van der Waals surface area contributed by atoms with E-state index in [0.717, 1.165) is 6.42 Å². The summed E-state index contributed by atoms with van der Waals surface area (Å²) in [7, 11) is 0. The highest BCUT2D eigenvalue weighted by molar-refractivity contribution is 5.69. The van der Waals surface area contributed by atoms with Crippen molar-refractivity contribution in [3.8, 4) is 0 Å². The van der Waals surface area contributed by atoms with E-state index < -0.39 is 0 Å². The highest BCUT2D eigenvalue weighted by Gasteiger charge is 2.15. The van der Waals surface area contributed by atoms with Gasteiger partial charge in [-0.1, -0.05) is 27.7 Å². The van der Waals surface area contributed by atoms with Crippen LogP contribution in [0.2, 0.25) is 0 Å². The van der Waals surface area contributed by atoms with Crippen LogP contribution >= 0.6 is 0 Å². The molecule has 0 aromatic rings. The van der Waals surface area contributed by atoms with Gasteiger partial charge in [0.25, 0.3) is 0 Å². The van der Waals surface area contributed by atoms with E-state index in [1.54, 1.807) is 13.8 Å². The van der Waals surface area contributed by atoms with E-state index in [-0.39, 0.29) is 17.9 Å². The molecule has 0 unspecified atom stereocenters. The lowest BCUT2D eigenvalue weighted by molar-refractivity contribution is -0.149. The van der Waals surface area contributed by atoms with Crippen LogP contribution in [0, 0.1) is 11.8 Å². The lowest BCUT2D eigenvalue weighted by Gasteiger charge is -2.18. The molecule has 0 atom stereocenters. The van der Waals surface area contributed by atoms with Crippen LogP contribution in [0.1, 0.15) is 47.0 Å². The summed E-state index contributed by atoms with van der Waals surface area (Å²) in [6.45, 7) is 8.38. The molecule has 0 bridgehead atoms. The van der Waals surface area contributed by atoms with Gasteiger partial charge < -0.3 is 9.47 Å². The second kappa shape index (κ2) is 9.02. The zero-order valence-electron chi connectivity index (χ0n) is 11.3. The van der Waals surface area contributed by atoms with Gasteiger partial charge in [0.05, 0.1) is 13.2 Å². The average molecular weight is 244 g/mol. The average Bonchev–Trinajstić information content (AvgIpc) is 2.30. The predicted molar refractivity (Wildman–Crippen MR) is 65.4 cm³/mol. The Bertz CT molecular complexity index is 216. The summed E-state index contributed by atoms with van der Waals surface area (Å²) in [5, 5.41) is 0. The van der Waals surface area contributed by atoms with Gasteiger partial charge in [0.1, 0.15) is 0 Å². The molecule has 100 valence electrons. The first-order chi connectivity index (χ1) is 7.99. The van der Waals surface area contributed by atoms with Crippen LogP contribution in [0.15, 0.2) is 0 Å². The van der Waals surface area contributed by atoms with E-state index >= 15 is 0 Å². The summed E-state index contributed by atoms with van der Waals surface area (Å²) in [5.41, 5.74) is 0. The molecule has 0 aromatic heterocycles. The first kappa shape index (κ1) is 15.9. The van der Waals surface area contributed by atoms with Crippen LogP contribution < -0.4 is 0 Å². The zero-order chi connectivity index (χ0) is 13.3. The summed E-state index contributed by atoms with van der Waals surface area (Å²) >= 11 is 0. The fraction of sp³-hybridized carbons (Fsp3) is 0.846. The van der Waals surface area contributed by atoms with Gasteiger partial charge in [-0.2, -0.15) is 0 Å². The van der Waals surface area contributed by atoms with Crippen LogP contribution in [-0.4, -0.2) is 25.2 Å². The standard InChI is InChI=1S/C13H24O4/c1-5-12(14)16-8-11(7-10(3)4)9-17-13(15)6-2/h10-11H,5-9H2,1-4H3. The van der Waals surface area contributed by atoms with Gasteiger partial charge in [-0.3, -0.25) is 9.59 Å². The molecule has 0 rings (SSSR count). The van der Waals surface area contributed by atoms with Gasteiger partial charge >= 0.3 is 11.9 Å². The summed E-state index contributed by atoms with van der Waals surface area (Å²) in [6.07, 6.45) is 1.64. The van der Waals surface area contributed by atoms with Crippen LogP contribution in [0.3, 0.4) is 0 Å². The van der Waals surface area contributed by atoms with Gasteiger partial charge in [-0.15, -0.1) is 0 Å². The van der Waals surface area contributed by atoms with Crippen LogP contribution in [0.4, 0.5) is 0 Å². The molecule has 17 heavy (non-hydrogen) atoms. The van der Waals surface area contributed by atoms with Crippen molar-refractivity contribution < 1.29 is 19.1 Å². The lowest BCUT2D eigenvalue weighted by atomic mass is 9.99. The maximum atomic E-state index is 11.1. The molecule has 4 heteroatoms. The number of carbonyl (C=O) groups excluding carboxylic acids is 2. The first-order valence-corrected chi connectivity index (χ1v) is 6.30. The second-order valence-electron chi connectivity index (χ2n) is 4.57. The van der Waals surface area contributed by atoms with Crippen molar-refractivity contribution in [1.29, 1.82) is 0 Å². The molecule has 0 radical (unpaired) electrons. The molecule has 0 saturated carbocycles. The molecule has 0 spiro atoms. The Morgan fingerprint density at radius 3 is 1.65 bits per heavy atom.